The first-order chi connectivity index (χ1) is 15.1. The number of carbonyl (C=O) groups excluding carboxylic acids is 2. The van der Waals surface area contributed by atoms with Crippen LogP contribution in [-0.4, -0.2) is 35.0 Å². The molecule has 156 valence electrons. The first kappa shape index (κ1) is 19.1. The zero-order valence-electron chi connectivity index (χ0n) is 16.5. The van der Waals surface area contributed by atoms with E-state index in [1.807, 2.05) is 46.3 Å². The van der Waals surface area contributed by atoms with Gasteiger partial charge in [-0.15, -0.1) is 11.3 Å². The minimum absolute atomic E-state index is 0.00402. The van der Waals surface area contributed by atoms with Crippen LogP contribution in [0.15, 0.2) is 58.6 Å². The fourth-order valence-corrected chi connectivity index (χ4v) is 4.13. The maximum atomic E-state index is 12.4. The lowest BCUT2D eigenvalue weighted by atomic mass is 10.1. The number of imidazole rings is 1. The fourth-order valence-electron chi connectivity index (χ4n) is 3.41. The minimum atomic E-state index is -0.527. The Labute approximate surface area is 180 Å². The number of rotatable bonds is 6. The molecule has 0 spiro atoms. The average Bonchev–Trinajstić information content (AvgIpc) is 3.44. The van der Waals surface area contributed by atoms with E-state index in [1.165, 1.54) is 18.4 Å². The van der Waals surface area contributed by atoms with Gasteiger partial charge in [-0.05, 0) is 12.1 Å². The van der Waals surface area contributed by atoms with Crippen molar-refractivity contribution in [1.82, 2.24) is 9.38 Å². The standard InChI is InChI=1S/C22H17N3O5S/c1-28-19-9-15-14-4-2-3-5-17(14)30-18(15)10-16(19)24-20(26)12-29-21(27)8-13-11-25-6-7-31-22(25)23-13/h2-7,9-11H,8,12H2,1H3,(H,24,26). The second-order valence-corrected chi connectivity index (χ2v) is 7.73. The number of esters is 1. The first-order valence-corrected chi connectivity index (χ1v) is 10.3. The van der Waals surface area contributed by atoms with E-state index in [4.69, 9.17) is 13.9 Å². The maximum Gasteiger partial charge on any atom is 0.312 e. The third-order valence-electron chi connectivity index (χ3n) is 4.81. The molecule has 3 aromatic heterocycles. The molecule has 0 unspecified atom stereocenters. The van der Waals surface area contributed by atoms with Crippen LogP contribution in [0.1, 0.15) is 5.69 Å². The number of ether oxygens (including phenoxy) is 2. The van der Waals surface area contributed by atoms with E-state index in [2.05, 4.69) is 10.3 Å². The monoisotopic (exact) mass is 435 g/mol. The number of methoxy groups -OCH3 is 1. The quantitative estimate of drug-likeness (QED) is 0.405. The summed E-state index contributed by atoms with van der Waals surface area (Å²) < 4.78 is 18.2. The predicted octanol–water partition coefficient (Wildman–Crippen LogP) is 4.03. The van der Waals surface area contributed by atoms with Gasteiger partial charge < -0.3 is 19.2 Å². The lowest BCUT2D eigenvalue weighted by Crippen LogP contribution is -2.22. The Hall–Kier alpha value is -3.85. The lowest BCUT2D eigenvalue weighted by molar-refractivity contribution is -0.146. The molecule has 9 heteroatoms. The Kier molecular flexibility index (Phi) is 4.79. The van der Waals surface area contributed by atoms with E-state index >= 15 is 0 Å². The van der Waals surface area contributed by atoms with Crippen LogP contribution in [0, 0.1) is 0 Å². The Morgan fingerprint density at radius 1 is 1.19 bits per heavy atom. The number of carbonyl (C=O) groups is 2. The maximum absolute atomic E-state index is 12.4. The summed E-state index contributed by atoms with van der Waals surface area (Å²) in [4.78, 5) is 29.6. The molecule has 5 aromatic rings. The molecule has 0 saturated carbocycles. The van der Waals surface area contributed by atoms with Crippen molar-refractivity contribution in [2.45, 2.75) is 6.42 Å². The second kappa shape index (κ2) is 7.77. The van der Waals surface area contributed by atoms with Crippen molar-refractivity contribution < 1.29 is 23.5 Å². The topological polar surface area (TPSA) is 95.1 Å². The minimum Gasteiger partial charge on any atom is -0.495 e. The van der Waals surface area contributed by atoms with E-state index < -0.39 is 18.5 Å². The molecule has 1 N–H and O–H groups in total. The van der Waals surface area contributed by atoms with Crippen molar-refractivity contribution in [1.29, 1.82) is 0 Å². The number of nitrogens with one attached hydrogen (secondary N) is 1. The van der Waals surface area contributed by atoms with E-state index in [0.29, 0.717) is 22.7 Å². The van der Waals surface area contributed by atoms with Gasteiger partial charge in [0.2, 0.25) is 0 Å². The molecule has 0 radical (unpaired) electrons. The van der Waals surface area contributed by atoms with E-state index in [1.54, 1.807) is 12.3 Å². The summed E-state index contributed by atoms with van der Waals surface area (Å²) in [7, 11) is 1.52. The second-order valence-electron chi connectivity index (χ2n) is 6.86. The van der Waals surface area contributed by atoms with Crippen LogP contribution in [0.5, 0.6) is 5.75 Å². The predicted molar refractivity (Wildman–Crippen MR) is 117 cm³/mol. The SMILES string of the molecule is COc1cc2c(cc1NC(=O)COC(=O)Cc1cn3ccsc3n1)oc1ccccc12. The average molecular weight is 435 g/mol. The van der Waals surface area contributed by atoms with Gasteiger partial charge in [-0.3, -0.25) is 14.0 Å². The van der Waals surface area contributed by atoms with E-state index in [0.717, 1.165) is 21.3 Å². The molecule has 3 heterocycles. The van der Waals surface area contributed by atoms with Crippen molar-refractivity contribution in [3.8, 4) is 5.75 Å². The molecule has 0 bridgehead atoms. The van der Waals surface area contributed by atoms with Crippen LogP contribution >= 0.6 is 11.3 Å². The van der Waals surface area contributed by atoms with Gasteiger partial charge in [0, 0.05) is 34.6 Å². The molecule has 0 aliphatic heterocycles. The van der Waals surface area contributed by atoms with Crippen LogP contribution in [0.3, 0.4) is 0 Å². The molecular formula is C22H17N3O5S. The Morgan fingerprint density at radius 2 is 2.06 bits per heavy atom. The molecule has 0 aliphatic rings. The van der Waals surface area contributed by atoms with Crippen molar-refractivity contribution in [3.05, 3.63) is 59.9 Å². The highest BCUT2D eigenvalue weighted by atomic mass is 32.1. The van der Waals surface area contributed by atoms with Crippen LogP contribution < -0.4 is 10.1 Å². The number of aromatic nitrogens is 2. The fraction of sp³-hybridized carbons (Fsp3) is 0.136. The number of hydrogen-bond acceptors (Lipinski definition) is 7. The van der Waals surface area contributed by atoms with Crippen LogP contribution in [0.25, 0.3) is 26.9 Å². The summed E-state index contributed by atoms with van der Waals surface area (Å²) in [5, 5.41) is 6.47. The van der Waals surface area contributed by atoms with Gasteiger partial charge in [0.1, 0.15) is 16.9 Å². The molecule has 8 nitrogen and oxygen atoms in total. The number of benzene rings is 2. The Balaban J connectivity index is 1.26. The number of furan rings is 1. The molecular weight excluding hydrogens is 418 g/mol. The number of para-hydroxylation sites is 1. The smallest absolute Gasteiger partial charge is 0.312 e. The van der Waals surface area contributed by atoms with Crippen molar-refractivity contribution in [2.75, 3.05) is 19.0 Å². The number of nitrogens with zero attached hydrogens (tertiary/aromatic N) is 2. The van der Waals surface area contributed by atoms with Crippen LogP contribution in [0.2, 0.25) is 0 Å². The van der Waals surface area contributed by atoms with Crippen molar-refractivity contribution in [2.24, 2.45) is 0 Å². The van der Waals surface area contributed by atoms with Gasteiger partial charge in [-0.1, -0.05) is 18.2 Å². The van der Waals surface area contributed by atoms with Gasteiger partial charge in [-0.2, -0.15) is 0 Å². The molecule has 1 amide bonds. The summed E-state index contributed by atoms with van der Waals surface area (Å²) in [6.07, 6.45) is 3.62. The number of amides is 1. The molecule has 31 heavy (non-hydrogen) atoms. The summed E-state index contributed by atoms with van der Waals surface area (Å²) >= 11 is 1.48. The highest BCUT2D eigenvalue weighted by Gasteiger charge is 2.16. The molecule has 0 atom stereocenters. The van der Waals surface area contributed by atoms with Gasteiger partial charge >= 0.3 is 5.97 Å². The van der Waals surface area contributed by atoms with Gasteiger partial charge in [0.05, 0.1) is 24.9 Å². The Bertz CT molecular complexity index is 1400. The van der Waals surface area contributed by atoms with Gasteiger partial charge in [0.15, 0.2) is 11.6 Å². The Morgan fingerprint density at radius 3 is 2.90 bits per heavy atom. The third-order valence-corrected chi connectivity index (χ3v) is 5.58. The molecule has 2 aromatic carbocycles. The molecule has 5 rings (SSSR count). The molecule has 0 fully saturated rings. The zero-order valence-corrected chi connectivity index (χ0v) is 17.3. The molecule has 0 aliphatic carbocycles. The number of fused-ring (bicyclic) bond motifs is 4. The highest BCUT2D eigenvalue weighted by molar-refractivity contribution is 7.15. The number of thiazole rings is 1. The normalized spacial score (nSPS) is 11.3. The van der Waals surface area contributed by atoms with Gasteiger partial charge in [-0.25, -0.2) is 4.98 Å². The zero-order chi connectivity index (χ0) is 21.4. The summed E-state index contributed by atoms with van der Waals surface area (Å²) in [6.45, 7) is -0.414. The van der Waals surface area contributed by atoms with Crippen LogP contribution in [-0.2, 0) is 20.7 Å². The largest absolute Gasteiger partial charge is 0.495 e. The van der Waals surface area contributed by atoms with Crippen molar-refractivity contribution in [3.63, 3.8) is 0 Å². The highest BCUT2D eigenvalue weighted by Crippen LogP contribution is 2.36. The summed E-state index contributed by atoms with van der Waals surface area (Å²) in [5.41, 5.74) is 2.39. The van der Waals surface area contributed by atoms with Gasteiger partial charge in [0.25, 0.3) is 5.91 Å². The van der Waals surface area contributed by atoms with Crippen molar-refractivity contribution >= 4 is 55.8 Å². The van der Waals surface area contributed by atoms with E-state index in [-0.39, 0.29) is 6.42 Å². The third kappa shape index (κ3) is 3.71. The first-order valence-electron chi connectivity index (χ1n) is 9.46. The van der Waals surface area contributed by atoms with Crippen LogP contribution in [0.4, 0.5) is 5.69 Å². The number of anilines is 1. The molecule has 0 saturated heterocycles. The summed E-state index contributed by atoms with van der Waals surface area (Å²) in [5.74, 6) is -0.523. The summed E-state index contributed by atoms with van der Waals surface area (Å²) in [6, 6.07) is 11.2. The van der Waals surface area contributed by atoms with E-state index in [9.17, 15) is 9.59 Å². The lowest BCUT2D eigenvalue weighted by Gasteiger charge is -2.10. The number of hydrogen-bond donors (Lipinski definition) is 1.